The summed E-state index contributed by atoms with van der Waals surface area (Å²) in [4.78, 5) is 26.1. The molecule has 5 nitrogen and oxygen atoms in total. The monoisotopic (exact) mass is 465 g/mol. The van der Waals surface area contributed by atoms with Crippen LogP contribution >= 0.6 is 22.9 Å². The third-order valence-electron chi connectivity index (χ3n) is 4.99. The predicted octanol–water partition coefficient (Wildman–Crippen LogP) is 6.66. The maximum absolute atomic E-state index is 13.4. The molecule has 0 aliphatic rings. The smallest absolute Gasteiger partial charge is 0.341 e. The van der Waals surface area contributed by atoms with Gasteiger partial charge in [-0.05, 0) is 29.8 Å². The van der Waals surface area contributed by atoms with Crippen molar-refractivity contribution in [3.63, 3.8) is 0 Å². The van der Waals surface area contributed by atoms with Crippen LogP contribution in [-0.4, -0.2) is 25.6 Å². The summed E-state index contributed by atoms with van der Waals surface area (Å²) in [6.45, 7) is 2.28. The lowest BCUT2D eigenvalue weighted by Gasteiger charge is -2.14. The number of ether oxygens (including phenoxy) is 2. The molecule has 32 heavy (non-hydrogen) atoms. The molecule has 4 aromatic rings. The molecule has 0 saturated heterocycles. The predicted molar refractivity (Wildman–Crippen MR) is 129 cm³/mol. The number of esters is 1. The summed E-state index contributed by atoms with van der Waals surface area (Å²) in [5.74, 6) is -0.450. The van der Waals surface area contributed by atoms with Crippen LogP contribution in [0.2, 0.25) is 5.02 Å². The molecular weight excluding hydrogens is 446 g/mol. The van der Waals surface area contributed by atoms with Crippen LogP contribution in [0.15, 0.2) is 66.0 Å². The fraction of sp³-hybridized carbons (Fsp3) is 0.120. The Morgan fingerprint density at radius 2 is 1.72 bits per heavy atom. The van der Waals surface area contributed by atoms with E-state index in [-0.39, 0.29) is 11.5 Å². The van der Waals surface area contributed by atoms with Gasteiger partial charge >= 0.3 is 5.97 Å². The molecule has 0 bridgehead atoms. The Labute approximate surface area is 194 Å². The molecule has 0 radical (unpaired) electrons. The first-order valence-electron chi connectivity index (χ1n) is 9.95. The van der Waals surface area contributed by atoms with Crippen molar-refractivity contribution in [3.8, 4) is 16.9 Å². The molecule has 1 N–H and O–H groups in total. The first-order valence-corrected chi connectivity index (χ1v) is 11.2. The van der Waals surface area contributed by atoms with E-state index in [0.29, 0.717) is 39.1 Å². The molecule has 1 heterocycles. The largest absolute Gasteiger partial charge is 0.493 e. The third kappa shape index (κ3) is 4.07. The Kier molecular flexibility index (Phi) is 6.44. The molecule has 7 heteroatoms. The molecule has 0 spiro atoms. The number of anilines is 1. The van der Waals surface area contributed by atoms with Crippen LogP contribution in [0, 0.1) is 0 Å². The van der Waals surface area contributed by atoms with Gasteiger partial charge in [-0.1, -0.05) is 60.1 Å². The maximum atomic E-state index is 13.4. The topological polar surface area (TPSA) is 64.6 Å². The number of carbonyl (C=O) groups excluding carboxylic acids is 2. The van der Waals surface area contributed by atoms with Crippen molar-refractivity contribution in [2.24, 2.45) is 0 Å². The van der Waals surface area contributed by atoms with Gasteiger partial charge in [-0.2, -0.15) is 0 Å². The minimum atomic E-state index is -0.556. The molecule has 0 fully saturated rings. The van der Waals surface area contributed by atoms with E-state index in [0.717, 1.165) is 10.8 Å². The quantitative estimate of drug-likeness (QED) is 0.323. The Bertz CT molecular complexity index is 1310. The molecule has 1 amide bonds. The molecule has 1 aromatic heterocycles. The summed E-state index contributed by atoms with van der Waals surface area (Å²) in [5, 5.41) is 7.24. The average Bonchev–Trinajstić information content (AvgIpc) is 3.21. The summed E-state index contributed by atoms with van der Waals surface area (Å²) < 4.78 is 10.7. The van der Waals surface area contributed by atoms with Crippen LogP contribution in [-0.2, 0) is 4.74 Å². The highest BCUT2D eigenvalue weighted by Crippen LogP contribution is 2.40. The molecular formula is C25H20ClNO4S. The number of thiophene rings is 1. The zero-order chi connectivity index (χ0) is 22.7. The van der Waals surface area contributed by atoms with Crippen molar-refractivity contribution in [1.29, 1.82) is 0 Å². The van der Waals surface area contributed by atoms with Crippen LogP contribution in [0.3, 0.4) is 0 Å². The van der Waals surface area contributed by atoms with E-state index in [2.05, 4.69) is 5.32 Å². The lowest BCUT2D eigenvalue weighted by molar-refractivity contribution is 0.0603. The standard InChI is InChI=1S/C25H20ClNO4S/c1-3-31-20-13-12-15-8-4-5-9-16(15)21(20)23(28)27-24-22(25(29)30-2)18(14-32-24)17-10-6-7-11-19(17)26/h4-14H,3H2,1-2H3,(H,27,28). The van der Waals surface area contributed by atoms with Crippen LogP contribution < -0.4 is 10.1 Å². The first-order chi connectivity index (χ1) is 15.5. The Balaban J connectivity index is 1.81. The summed E-state index contributed by atoms with van der Waals surface area (Å²) >= 11 is 7.60. The lowest BCUT2D eigenvalue weighted by atomic mass is 10.0. The summed E-state index contributed by atoms with van der Waals surface area (Å²) in [5.41, 5.74) is 1.96. The number of carbonyl (C=O) groups is 2. The zero-order valence-corrected chi connectivity index (χ0v) is 19.0. The van der Waals surface area contributed by atoms with Crippen molar-refractivity contribution in [1.82, 2.24) is 0 Å². The SMILES string of the molecule is CCOc1ccc2ccccc2c1C(=O)Nc1scc(-c2ccccc2Cl)c1C(=O)OC. The molecule has 162 valence electrons. The first kappa shape index (κ1) is 21.9. The van der Waals surface area contributed by atoms with Gasteiger partial charge in [0.25, 0.3) is 5.91 Å². The molecule has 3 aromatic carbocycles. The van der Waals surface area contributed by atoms with Gasteiger partial charge in [-0.25, -0.2) is 4.79 Å². The molecule has 0 saturated carbocycles. The number of benzene rings is 3. The second-order valence-corrected chi connectivity index (χ2v) is 8.16. The van der Waals surface area contributed by atoms with Crippen molar-refractivity contribution in [2.75, 3.05) is 19.0 Å². The van der Waals surface area contributed by atoms with Gasteiger partial charge in [-0.15, -0.1) is 11.3 Å². The van der Waals surface area contributed by atoms with E-state index < -0.39 is 5.97 Å². The highest BCUT2D eigenvalue weighted by molar-refractivity contribution is 7.15. The summed E-state index contributed by atoms with van der Waals surface area (Å²) in [6.07, 6.45) is 0. The number of hydrogen-bond acceptors (Lipinski definition) is 5. The molecule has 0 aliphatic carbocycles. The van der Waals surface area contributed by atoms with Crippen molar-refractivity contribution in [3.05, 3.63) is 82.2 Å². The van der Waals surface area contributed by atoms with E-state index in [1.54, 1.807) is 17.5 Å². The van der Waals surface area contributed by atoms with Crippen molar-refractivity contribution < 1.29 is 19.1 Å². The molecule has 0 atom stereocenters. The Morgan fingerprint density at radius 1 is 0.969 bits per heavy atom. The molecule has 0 unspecified atom stereocenters. The lowest BCUT2D eigenvalue weighted by Crippen LogP contribution is -2.16. The van der Waals surface area contributed by atoms with E-state index in [4.69, 9.17) is 21.1 Å². The fourth-order valence-electron chi connectivity index (χ4n) is 3.56. The normalized spacial score (nSPS) is 10.7. The number of nitrogens with one attached hydrogen (secondary N) is 1. The number of halogens is 1. The third-order valence-corrected chi connectivity index (χ3v) is 6.21. The Morgan fingerprint density at radius 3 is 2.47 bits per heavy atom. The van der Waals surface area contributed by atoms with Gasteiger partial charge in [0.15, 0.2) is 0 Å². The van der Waals surface area contributed by atoms with Crippen molar-refractivity contribution >= 4 is 50.6 Å². The molecule has 0 aliphatic heterocycles. The van der Waals surface area contributed by atoms with Crippen molar-refractivity contribution in [2.45, 2.75) is 6.92 Å². The van der Waals surface area contributed by atoms with Gasteiger partial charge in [0.2, 0.25) is 0 Å². The highest BCUT2D eigenvalue weighted by atomic mass is 35.5. The average molecular weight is 466 g/mol. The summed E-state index contributed by atoms with van der Waals surface area (Å²) in [6, 6.07) is 18.5. The van der Waals surface area contributed by atoms with Crippen LogP contribution in [0.5, 0.6) is 5.75 Å². The van der Waals surface area contributed by atoms with E-state index in [9.17, 15) is 9.59 Å². The molecule has 4 rings (SSSR count). The number of hydrogen-bond donors (Lipinski definition) is 1. The van der Waals surface area contributed by atoms with Crippen LogP contribution in [0.1, 0.15) is 27.6 Å². The minimum absolute atomic E-state index is 0.261. The van der Waals surface area contributed by atoms with Gasteiger partial charge < -0.3 is 14.8 Å². The number of amides is 1. The fourth-order valence-corrected chi connectivity index (χ4v) is 4.74. The number of fused-ring (bicyclic) bond motifs is 1. The van der Waals surface area contributed by atoms with E-state index in [1.807, 2.05) is 55.5 Å². The van der Waals surface area contributed by atoms with E-state index >= 15 is 0 Å². The van der Waals surface area contributed by atoms with Crippen LogP contribution in [0.25, 0.3) is 21.9 Å². The maximum Gasteiger partial charge on any atom is 0.341 e. The van der Waals surface area contributed by atoms with Gasteiger partial charge in [0.05, 0.1) is 19.3 Å². The highest BCUT2D eigenvalue weighted by Gasteiger charge is 2.25. The second kappa shape index (κ2) is 9.42. The summed E-state index contributed by atoms with van der Waals surface area (Å²) in [7, 11) is 1.31. The van der Waals surface area contributed by atoms with E-state index in [1.165, 1.54) is 18.4 Å². The van der Waals surface area contributed by atoms with Gasteiger partial charge in [0, 0.05) is 21.5 Å². The minimum Gasteiger partial charge on any atom is -0.493 e. The number of rotatable bonds is 6. The second-order valence-electron chi connectivity index (χ2n) is 6.87. The number of methoxy groups -OCH3 is 1. The van der Waals surface area contributed by atoms with Gasteiger partial charge in [-0.3, -0.25) is 4.79 Å². The van der Waals surface area contributed by atoms with Gasteiger partial charge in [0.1, 0.15) is 16.3 Å². The Hall–Kier alpha value is -3.35. The zero-order valence-electron chi connectivity index (χ0n) is 17.5. The van der Waals surface area contributed by atoms with Crippen LogP contribution in [0.4, 0.5) is 5.00 Å².